The van der Waals surface area contributed by atoms with Gasteiger partial charge in [-0.2, -0.15) is 0 Å². The van der Waals surface area contributed by atoms with Gasteiger partial charge < -0.3 is 4.57 Å². The number of halogens is 3. The Morgan fingerprint density at radius 3 is 2.65 bits per heavy atom. The number of benzene rings is 1. The molecular weight excluding hydrogens is 282 g/mol. The van der Waals surface area contributed by atoms with Crippen LogP contribution in [0.3, 0.4) is 0 Å². The second-order valence-corrected chi connectivity index (χ2v) is 6.36. The Kier molecular flexibility index (Phi) is 3.24. The number of alkyl halides is 1. The number of nitrogens with zero attached hydrogens (tertiary/aromatic N) is 2. The summed E-state index contributed by atoms with van der Waals surface area (Å²) in [5.74, 6) is 0.492. The minimum Gasteiger partial charge on any atom is -0.322 e. The SMILES string of the molecule is CC(C)(C1CC1)n1c(CCCl)nc2c(F)cc(F)cc21. The molecule has 1 heterocycles. The van der Waals surface area contributed by atoms with Crippen LogP contribution in [0.15, 0.2) is 12.1 Å². The second-order valence-electron chi connectivity index (χ2n) is 5.99. The van der Waals surface area contributed by atoms with Crippen molar-refractivity contribution in [2.24, 2.45) is 5.92 Å². The Morgan fingerprint density at radius 1 is 1.35 bits per heavy atom. The van der Waals surface area contributed by atoms with Gasteiger partial charge >= 0.3 is 0 Å². The predicted molar refractivity (Wildman–Crippen MR) is 76.1 cm³/mol. The van der Waals surface area contributed by atoms with Gasteiger partial charge in [0.2, 0.25) is 0 Å². The van der Waals surface area contributed by atoms with Gasteiger partial charge in [-0.15, -0.1) is 11.6 Å². The van der Waals surface area contributed by atoms with E-state index in [0.29, 0.717) is 23.7 Å². The summed E-state index contributed by atoms with van der Waals surface area (Å²) in [5.41, 5.74) is 0.566. The van der Waals surface area contributed by atoms with Crippen LogP contribution in [0.5, 0.6) is 0 Å². The van der Waals surface area contributed by atoms with Gasteiger partial charge in [-0.1, -0.05) is 0 Å². The monoisotopic (exact) mass is 298 g/mol. The van der Waals surface area contributed by atoms with E-state index in [2.05, 4.69) is 18.8 Å². The highest BCUT2D eigenvalue weighted by Crippen LogP contribution is 2.45. The number of fused-ring (bicyclic) bond motifs is 1. The molecule has 0 saturated heterocycles. The first-order valence-corrected chi connectivity index (χ1v) is 7.41. The lowest BCUT2D eigenvalue weighted by atomic mass is 9.97. The van der Waals surface area contributed by atoms with Crippen LogP contribution >= 0.6 is 11.6 Å². The first-order valence-electron chi connectivity index (χ1n) is 6.88. The summed E-state index contributed by atoms with van der Waals surface area (Å²) < 4.78 is 29.5. The minimum atomic E-state index is -0.610. The van der Waals surface area contributed by atoms with Crippen LogP contribution in [0.2, 0.25) is 0 Å². The van der Waals surface area contributed by atoms with Crippen LogP contribution in [0.1, 0.15) is 32.5 Å². The molecule has 1 aliphatic rings. The Bertz CT molecular complexity index is 659. The van der Waals surface area contributed by atoms with Crippen molar-refractivity contribution >= 4 is 22.6 Å². The summed E-state index contributed by atoms with van der Waals surface area (Å²) in [6, 6.07) is 2.25. The standard InChI is InChI=1S/C15H17ClF2N2/c1-15(2,9-3-4-9)20-12-8-10(17)7-11(18)14(12)19-13(20)5-6-16/h7-9H,3-6H2,1-2H3. The fraction of sp³-hybridized carbons (Fsp3) is 0.533. The molecule has 0 spiro atoms. The van der Waals surface area contributed by atoms with Crippen LogP contribution in [0.4, 0.5) is 8.78 Å². The molecule has 0 bridgehead atoms. The third kappa shape index (κ3) is 2.10. The molecule has 0 aliphatic heterocycles. The molecule has 1 aromatic heterocycles. The number of rotatable bonds is 4. The molecule has 0 radical (unpaired) electrons. The van der Waals surface area contributed by atoms with Crippen molar-refractivity contribution in [1.82, 2.24) is 9.55 Å². The largest absolute Gasteiger partial charge is 0.322 e. The Hall–Kier alpha value is -1.16. The Morgan fingerprint density at radius 2 is 2.05 bits per heavy atom. The molecule has 1 fully saturated rings. The molecule has 108 valence electrons. The van der Waals surface area contributed by atoms with Crippen LogP contribution in [-0.4, -0.2) is 15.4 Å². The van der Waals surface area contributed by atoms with E-state index in [1.807, 2.05) is 4.57 Å². The van der Waals surface area contributed by atoms with Crippen molar-refractivity contribution in [2.45, 2.75) is 38.6 Å². The molecule has 0 amide bonds. The number of hydrogen-bond acceptors (Lipinski definition) is 1. The molecule has 20 heavy (non-hydrogen) atoms. The van der Waals surface area contributed by atoms with Gasteiger partial charge in [0.25, 0.3) is 0 Å². The molecule has 0 N–H and O–H groups in total. The third-order valence-corrected chi connectivity index (χ3v) is 4.41. The Balaban J connectivity index is 2.28. The maximum Gasteiger partial charge on any atom is 0.153 e. The van der Waals surface area contributed by atoms with E-state index < -0.39 is 11.6 Å². The van der Waals surface area contributed by atoms with E-state index >= 15 is 0 Å². The van der Waals surface area contributed by atoms with Gasteiger partial charge in [0.05, 0.1) is 5.52 Å². The minimum absolute atomic E-state index is 0.198. The normalized spacial score (nSPS) is 16.1. The molecule has 2 aromatic rings. The Labute approximate surface area is 121 Å². The average Bonchev–Trinajstić information content (AvgIpc) is 3.13. The number of aryl methyl sites for hydroxylation is 1. The highest BCUT2D eigenvalue weighted by atomic mass is 35.5. The fourth-order valence-electron chi connectivity index (χ4n) is 3.02. The summed E-state index contributed by atoms with van der Waals surface area (Å²) >= 11 is 5.83. The fourth-order valence-corrected chi connectivity index (χ4v) is 3.19. The highest BCUT2D eigenvalue weighted by Gasteiger charge is 2.41. The summed E-state index contributed by atoms with van der Waals surface area (Å²) in [6.07, 6.45) is 2.84. The summed E-state index contributed by atoms with van der Waals surface area (Å²) in [7, 11) is 0. The quantitative estimate of drug-likeness (QED) is 0.772. The zero-order chi connectivity index (χ0) is 14.5. The van der Waals surface area contributed by atoms with Gasteiger partial charge in [-0.05, 0) is 38.7 Å². The maximum atomic E-state index is 13.9. The number of hydrogen-bond donors (Lipinski definition) is 0. The van der Waals surface area contributed by atoms with Crippen LogP contribution < -0.4 is 0 Å². The van der Waals surface area contributed by atoms with E-state index in [1.165, 1.54) is 6.07 Å². The lowest BCUT2D eigenvalue weighted by Gasteiger charge is -2.29. The molecule has 1 aromatic carbocycles. The lowest BCUT2D eigenvalue weighted by molar-refractivity contribution is 0.304. The van der Waals surface area contributed by atoms with E-state index in [0.717, 1.165) is 24.7 Å². The number of imidazole rings is 1. The van der Waals surface area contributed by atoms with Crippen LogP contribution in [-0.2, 0) is 12.0 Å². The molecule has 2 nitrogen and oxygen atoms in total. The van der Waals surface area contributed by atoms with E-state index in [1.54, 1.807) is 0 Å². The van der Waals surface area contributed by atoms with Crippen molar-refractivity contribution in [2.75, 3.05) is 5.88 Å². The summed E-state index contributed by atoms with van der Waals surface area (Å²) in [4.78, 5) is 4.36. The lowest BCUT2D eigenvalue weighted by Crippen LogP contribution is -2.30. The van der Waals surface area contributed by atoms with Crippen molar-refractivity contribution < 1.29 is 8.78 Å². The van der Waals surface area contributed by atoms with Gasteiger partial charge in [-0.3, -0.25) is 0 Å². The van der Waals surface area contributed by atoms with Gasteiger partial charge in [0, 0.05) is 23.9 Å². The predicted octanol–water partition coefficient (Wildman–Crippen LogP) is 4.24. The molecule has 1 aliphatic carbocycles. The van der Waals surface area contributed by atoms with Crippen LogP contribution in [0.25, 0.3) is 11.0 Å². The van der Waals surface area contributed by atoms with E-state index in [-0.39, 0.29) is 11.1 Å². The molecule has 1 saturated carbocycles. The average molecular weight is 299 g/mol. The summed E-state index contributed by atoms with van der Waals surface area (Å²) in [5, 5.41) is 0. The zero-order valence-electron chi connectivity index (χ0n) is 11.6. The van der Waals surface area contributed by atoms with Crippen molar-refractivity contribution in [3.05, 3.63) is 29.6 Å². The topological polar surface area (TPSA) is 17.8 Å². The van der Waals surface area contributed by atoms with Gasteiger partial charge in [0.15, 0.2) is 5.82 Å². The van der Waals surface area contributed by atoms with Gasteiger partial charge in [0.1, 0.15) is 17.2 Å². The zero-order valence-corrected chi connectivity index (χ0v) is 12.3. The highest BCUT2D eigenvalue weighted by molar-refractivity contribution is 6.17. The first-order chi connectivity index (χ1) is 9.45. The first kappa shape index (κ1) is 13.8. The molecule has 0 atom stereocenters. The molecule has 0 unspecified atom stereocenters. The van der Waals surface area contributed by atoms with Crippen LogP contribution in [0, 0.1) is 17.6 Å². The maximum absolute atomic E-state index is 13.9. The molecule has 3 rings (SSSR count). The smallest absolute Gasteiger partial charge is 0.153 e. The van der Waals surface area contributed by atoms with E-state index in [9.17, 15) is 8.78 Å². The van der Waals surface area contributed by atoms with Crippen molar-refractivity contribution in [1.29, 1.82) is 0 Å². The third-order valence-electron chi connectivity index (χ3n) is 4.22. The second kappa shape index (κ2) is 4.69. The van der Waals surface area contributed by atoms with E-state index in [4.69, 9.17) is 11.6 Å². The molecular formula is C15H17ClF2N2. The number of aromatic nitrogens is 2. The van der Waals surface area contributed by atoms with Crippen molar-refractivity contribution in [3.63, 3.8) is 0 Å². The van der Waals surface area contributed by atoms with Crippen molar-refractivity contribution in [3.8, 4) is 0 Å². The molecule has 5 heteroatoms. The summed E-state index contributed by atoms with van der Waals surface area (Å²) in [6.45, 7) is 4.21. The van der Waals surface area contributed by atoms with Gasteiger partial charge in [-0.25, -0.2) is 13.8 Å².